The number of hydrogen-bond acceptors (Lipinski definition) is 3. The van der Waals surface area contributed by atoms with Crippen molar-refractivity contribution in [2.24, 2.45) is 11.5 Å². The second kappa shape index (κ2) is 4.55. The van der Waals surface area contributed by atoms with E-state index in [1.165, 1.54) is 6.92 Å². The Labute approximate surface area is 59.6 Å². The lowest BCUT2D eigenvalue weighted by Gasteiger charge is -2.08. The van der Waals surface area contributed by atoms with Gasteiger partial charge in [-0.2, -0.15) is 0 Å². The maximum Gasteiger partial charge on any atom is 0.237 e. The molecule has 1 amide bonds. The Morgan fingerprint density at radius 3 is 2.00 bits per heavy atom. The van der Waals surface area contributed by atoms with E-state index in [0.717, 1.165) is 0 Å². The molecule has 5 N–H and O–H groups in total. The minimum atomic E-state index is -0.935. The molecule has 0 unspecified atom stereocenters. The fourth-order valence-corrected chi connectivity index (χ4v) is 0.238. The summed E-state index contributed by atoms with van der Waals surface area (Å²) >= 11 is 0. The third kappa shape index (κ3) is 4.20. The lowest BCUT2D eigenvalue weighted by atomic mass is 10.2. The number of carbonyl (C=O) groups is 1. The van der Waals surface area contributed by atoms with Crippen molar-refractivity contribution in [2.75, 3.05) is 0 Å². The van der Waals surface area contributed by atoms with Gasteiger partial charge in [-0.05, 0) is 6.92 Å². The topological polar surface area (TPSA) is 89.3 Å². The van der Waals surface area contributed by atoms with Gasteiger partial charge < -0.3 is 16.6 Å². The molecule has 5 heteroatoms. The molecule has 0 rings (SSSR count). The molecular formula is C4H11ClN2O2. The molecule has 9 heavy (non-hydrogen) atoms. The summed E-state index contributed by atoms with van der Waals surface area (Å²) in [5.74, 6) is -0.681. The third-order valence-electron chi connectivity index (χ3n) is 0.848. The van der Waals surface area contributed by atoms with Crippen molar-refractivity contribution in [3.63, 3.8) is 0 Å². The summed E-state index contributed by atoms with van der Waals surface area (Å²) in [6, 6.07) is -0.935. The number of amides is 1. The van der Waals surface area contributed by atoms with Crippen molar-refractivity contribution >= 4 is 18.3 Å². The highest BCUT2D eigenvalue weighted by Crippen LogP contribution is 1.84. The van der Waals surface area contributed by atoms with Crippen molar-refractivity contribution in [1.82, 2.24) is 0 Å². The summed E-state index contributed by atoms with van der Waals surface area (Å²) in [5, 5.41) is 8.57. The van der Waals surface area contributed by atoms with Gasteiger partial charge in [0.15, 0.2) is 0 Å². The minimum absolute atomic E-state index is 0. The fraction of sp³-hybridized carbons (Fsp3) is 0.750. The largest absolute Gasteiger partial charge is 0.391 e. The minimum Gasteiger partial charge on any atom is -0.391 e. The van der Waals surface area contributed by atoms with Crippen molar-refractivity contribution in [3.8, 4) is 0 Å². The Hall–Kier alpha value is -0.320. The highest BCUT2D eigenvalue weighted by atomic mass is 35.5. The molecule has 4 nitrogen and oxygen atoms in total. The van der Waals surface area contributed by atoms with E-state index >= 15 is 0 Å². The van der Waals surface area contributed by atoms with Crippen LogP contribution in [0.25, 0.3) is 0 Å². The van der Waals surface area contributed by atoms with E-state index in [1.807, 2.05) is 0 Å². The fourth-order valence-electron chi connectivity index (χ4n) is 0.238. The number of carbonyl (C=O) groups excluding carboxylic acids is 1. The average Bonchev–Trinajstić information content (AvgIpc) is 1.64. The van der Waals surface area contributed by atoms with E-state index < -0.39 is 18.1 Å². The quantitative estimate of drug-likeness (QED) is 0.457. The number of hydrogen-bond donors (Lipinski definition) is 3. The molecule has 0 aliphatic rings. The molecule has 0 aromatic rings. The number of primary amides is 1. The van der Waals surface area contributed by atoms with Gasteiger partial charge in [0.05, 0.1) is 6.10 Å². The molecule has 0 aliphatic carbocycles. The first-order valence-electron chi connectivity index (χ1n) is 2.28. The van der Waals surface area contributed by atoms with Crippen LogP contribution in [-0.4, -0.2) is 23.2 Å². The monoisotopic (exact) mass is 154 g/mol. The molecule has 0 fully saturated rings. The Balaban J connectivity index is 0. The molecular weight excluding hydrogens is 144 g/mol. The number of halogens is 1. The lowest BCUT2D eigenvalue weighted by molar-refractivity contribution is -0.121. The predicted octanol–water partition coefficient (Wildman–Crippen LogP) is -1.40. The van der Waals surface area contributed by atoms with E-state index in [9.17, 15) is 4.79 Å². The Bertz CT molecular complexity index is 96.6. The first-order chi connectivity index (χ1) is 3.55. The van der Waals surface area contributed by atoms with Crippen molar-refractivity contribution in [2.45, 2.75) is 19.1 Å². The average molecular weight is 155 g/mol. The van der Waals surface area contributed by atoms with Crippen molar-refractivity contribution in [3.05, 3.63) is 0 Å². The van der Waals surface area contributed by atoms with Gasteiger partial charge in [0.1, 0.15) is 6.04 Å². The highest BCUT2D eigenvalue weighted by molar-refractivity contribution is 5.85. The second-order valence-electron chi connectivity index (χ2n) is 1.67. The van der Waals surface area contributed by atoms with Crippen LogP contribution in [0.5, 0.6) is 0 Å². The molecule has 0 saturated carbocycles. The molecule has 2 atom stereocenters. The number of aliphatic hydroxyl groups is 1. The summed E-state index contributed by atoms with van der Waals surface area (Å²) in [6.07, 6.45) is -0.854. The van der Waals surface area contributed by atoms with E-state index in [1.54, 1.807) is 0 Å². The van der Waals surface area contributed by atoms with Crippen LogP contribution >= 0.6 is 12.4 Å². The summed E-state index contributed by atoms with van der Waals surface area (Å²) in [7, 11) is 0. The smallest absolute Gasteiger partial charge is 0.237 e. The van der Waals surface area contributed by atoms with Gasteiger partial charge in [0.25, 0.3) is 0 Å². The summed E-state index contributed by atoms with van der Waals surface area (Å²) in [6.45, 7) is 1.41. The van der Waals surface area contributed by atoms with Gasteiger partial charge in [-0.3, -0.25) is 4.79 Å². The Morgan fingerprint density at radius 2 is 2.00 bits per heavy atom. The third-order valence-corrected chi connectivity index (χ3v) is 0.848. The van der Waals surface area contributed by atoms with Crippen LogP contribution in [0.2, 0.25) is 0 Å². The molecule has 0 aromatic heterocycles. The lowest BCUT2D eigenvalue weighted by Crippen LogP contribution is -2.44. The maximum atomic E-state index is 10.1. The molecule has 0 aliphatic heterocycles. The summed E-state index contributed by atoms with van der Waals surface area (Å²) < 4.78 is 0. The number of aliphatic hydroxyl groups excluding tert-OH is 1. The van der Waals surface area contributed by atoms with Gasteiger partial charge >= 0.3 is 0 Å². The first-order valence-corrected chi connectivity index (χ1v) is 2.28. The highest BCUT2D eigenvalue weighted by Gasteiger charge is 2.13. The predicted molar refractivity (Wildman–Crippen MR) is 36.1 cm³/mol. The first kappa shape index (κ1) is 11.5. The zero-order valence-electron chi connectivity index (χ0n) is 5.07. The molecule has 0 radical (unpaired) electrons. The maximum absolute atomic E-state index is 10.1. The number of nitrogens with two attached hydrogens (primary N) is 2. The van der Waals surface area contributed by atoms with Gasteiger partial charge in [-0.15, -0.1) is 12.4 Å². The van der Waals surface area contributed by atoms with Gasteiger partial charge in [0.2, 0.25) is 5.91 Å². The van der Waals surface area contributed by atoms with Crippen LogP contribution in [0.3, 0.4) is 0 Å². The molecule has 56 valence electrons. The molecule has 0 spiro atoms. The Kier molecular flexibility index (Phi) is 5.80. The zero-order chi connectivity index (χ0) is 6.73. The summed E-state index contributed by atoms with van der Waals surface area (Å²) in [5.41, 5.74) is 9.75. The van der Waals surface area contributed by atoms with Crippen LogP contribution in [-0.2, 0) is 4.79 Å². The van der Waals surface area contributed by atoms with E-state index in [4.69, 9.17) is 16.6 Å². The van der Waals surface area contributed by atoms with Crippen molar-refractivity contribution in [1.29, 1.82) is 0 Å². The molecule has 0 saturated heterocycles. The van der Waals surface area contributed by atoms with E-state index in [0.29, 0.717) is 0 Å². The van der Waals surface area contributed by atoms with Crippen LogP contribution in [0, 0.1) is 0 Å². The molecule has 0 bridgehead atoms. The molecule has 0 aromatic carbocycles. The van der Waals surface area contributed by atoms with Crippen molar-refractivity contribution < 1.29 is 9.90 Å². The van der Waals surface area contributed by atoms with Crippen LogP contribution < -0.4 is 11.5 Å². The Morgan fingerprint density at radius 1 is 1.67 bits per heavy atom. The van der Waals surface area contributed by atoms with Gasteiger partial charge in [-0.25, -0.2) is 0 Å². The summed E-state index contributed by atoms with van der Waals surface area (Å²) in [4.78, 5) is 10.1. The second-order valence-corrected chi connectivity index (χ2v) is 1.67. The molecule has 0 heterocycles. The van der Waals surface area contributed by atoms with Crippen LogP contribution in [0.15, 0.2) is 0 Å². The van der Waals surface area contributed by atoms with Gasteiger partial charge in [0, 0.05) is 0 Å². The van der Waals surface area contributed by atoms with E-state index in [-0.39, 0.29) is 12.4 Å². The van der Waals surface area contributed by atoms with Crippen LogP contribution in [0.1, 0.15) is 6.92 Å². The van der Waals surface area contributed by atoms with E-state index in [2.05, 4.69) is 0 Å². The zero-order valence-corrected chi connectivity index (χ0v) is 5.89. The standard InChI is InChI=1S/C4H10N2O2.ClH/c1-2(7)3(5)4(6)8;/h2-3,7H,5H2,1H3,(H2,6,8);1H/t2-,3-;/m1./s1. The SMILES string of the molecule is C[C@@H](O)[C@@H](N)C(N)=O.Cl. The normalized spacial score (nSPS) is 15.4. The van der Waals surface area contributed by atoms with Gasteiger partial charge in [-0.1, -0.05) is 0 Å². The number of rotatable bonds is 2. The van der Waals surface area contributed by atoms with Crippen LogP contribution in [0.4, 0.5) is 0 Å².